The van der Waals surface area contributed by atoms with Crippen molar-refractivity contribution in [3.63, 3.8) is 0 Å². The van der Waals surface area contributed by atoms with E-state index in [1.165, 1.54) is 11.3 Å². The minimum absolute atomic E-state index is 0.296. The average Bonchev–Trinajstić information content (AvgIpc) is 2.34. The molecule has 0 unspecified atom stereocenters. The lowest BCUT2D eigenvalue weighted by Gasteiger charge is -2.55. The fourth-order valence-electron chi connectivity index (χ4n) is 3.25. The zero-order valence-electron chi connectivity index (χ0n) is 14.5. The molecule has 0 aliphatic rings. The smallest absolute Gasteiger partial charge is 0.163 e. The second-order valence-corrected chi connectivity index (χ2v) is 13.7. The lowest BCUT2D eigenvalue weighted by Crippen LogP contribution is -2.61. The van der Waals surface area contributed by atoms with Crippen LogP contribution in [0.3, 0.4) is 0 Å². The average molecular weight is 290 g/mol. The predicted molar refractivity (Wildman–Crippen MR) is 96.0 cm³/mol. The Hall–Kier alpha value is -1.02. The lowest BCUT2D eigenvalue weighted by molar-refractivity contribution is 0.608. The minimum atomic E-state index is -1.73. The predicted octanol–water partition coefficient (Wildman–Crippen LogP) is 5.94. The molecule has 0 spiro atoms. The molecule has 0 saturated heterocycles. The summed E-state index contributed by atoms with van der Waals surface area (Å²) < 4.78 is 2.57. The highest BCUT2D eigenvalue weighted by atomic mass is 28.3. The van der Waals surface area contributed by atoms with Crippen molar-refractivity contribution in [3.8, 4) is 0 Å². The zero-order valence-corrected chi connectivity index (χ0v) is 15.5. The van der Waals surface area contributed by atoms with Crippen molar-refractivity contribution < 1.29 is 0 Å². The molecule has 1 aromatic carbocycles. The molecule has 0 N–H and O–H groups in total. The van der Waals surface area contributed by atoms with Crippen molar-refractivity contribution in [2.45, 2.75) is 58.2 Å². The fraction of sp³-hybridized carbons (Fsp3) is 0.556. The van der Waals surface area contributed by atoms with Crippen LogP contribution in [0, 0.1) is 0 Å². The van der Waals surface area contributed by atoms with Gasteiger partial charge in [0.2, 0.25) is 0 Å². The topological polar surface area (TPSA) is 3.24 Å². The largest absolute Gasteiger partial charge is 0.399 e. The Morgan fingerprint density at radius 3 is 1.95 bits per heavy atom. The first-order chi connectivity index (χ1) is 8.95. The maximum Gasteiger partial charge on any atom is 0.163 e. The minimum Gasteiger partial charge on any atom is -0.399 e. The van der Waals surface area contributed by atoms with Crippen molar-refractivity contribution in [1.29, 1.82) is 0 Å². The molecule has 0 amide bonds. The van der Waals surface area contributed by atoms with Crippen molar-refractivity contribution in [3.05, 3.63) is 36.4 Å². The third-order valence-corrected chi connectivity index (χ3v) is 12.5. The van der Waals surface area contributed by atoms with Crippen LogP contribution in [0.25, 0.3) is 6.08 Å². The van der Waals surface area contributed by atoms with Gasteiger partial charge in [0.05, 0.1) is 0 Å². The molecule has 2 heteroatoms. The van der Waals surface area contributed by atoms with E-state index in [1.807, 2.05) is 6.08 Å². The highest BCUT2D eigenvalue weighted by Gasteiger charge is 2.52. The van der Waals surface area contributed by atoms with E-state index in [9.17, 15) is 0 Å². The highest BCUT2D eigenvalue weighted by molar-refractivity contribution is 6.87. The number of benzene rings is 1. The van der Waals surface area contributed by atoms with Crippen LogP contribution in [-0.2, 0) is 0 Å². The third-order valence-electron chi connectivity index (χ3n) is 5.08. The molecule has 0 heterocycles. The van der Waals surface area contributed by atoms with Crippen LogP contribution < -0.4 is 4.57 Å². The number of hydrogen-bond acceptors (Lipinski definition) is 1. The van der Waals surface area contributed by atoms with Gasteiger partial charge in [-0.15, -0.1) is 0 Å². The Balaban J connectivity index is 3.38. The van der Waals surface area contributed by atoms with Crippen LogP contribution in [0.1, 0.15) is 47.1 Å². The van der Waals surface area contributed by atoms with Crippen LogP contribution in [-0.4, -0.2) is 15.3 Å². The normalized spacial score (nSPS) is 13.2. The van der Waals surface area contributed by atoms with Crippen LogP contribution in [0.2, 0.25) is 16.6 Å². The molecule has 1 nitrogen and oxygen atoms in total. The zero-order chi connectivity index (χ0) is 15.8. The standard InChI is InChI=1S/C18H31NSi/c1-10-15-12-11-13-16(14-15)19(8)20(9,17(2,3)4)18(5,6)7/h10-14H,1H2,2-9H3. The van der Waals surface area contributed by atoms with E-state index >= 15 is 0 Å². The molecular formula is C18H31NSi. The van der Waals surface area contributed by atoms with E-state index in [-0.39, 0.29) is 0 Å². The molecule has 0 aliphatic carbocycles. The summed E-state index contributed by atoms with van der Waals surface area (Å²) in [6.45, 7) is 20.7. The third kappa shape index (κ3) is 2.85. The van der Waals surface area contributed by atoms with E-state index in [0.29, 0.717) is 10.1 Å². The van der Waals surface area contributed by atoms with E-state index in [2.05, 4.69) is 90.5 Å². The molecule has 1 rings (SSSR count). The van der Waals surface area contributed by atoms with Gasteiger partial charge in [0, 0.05) is 5.69 Å². The number of rotatable bonds is 3. The summed E-state index contributed by atoms with van der Waals surface area (Å²) in [4.78, 5) is 0. The van der Waals surface area contributed by atoms with E-state index in [1.54, 1.807) is 0 Å². The Bertz CT molecular complexity index is 463. The van der Waals surface area contributed by atoms with Crippen molar-refractivity contribution >= 4 is 20.0 Å². The maximum absolute atomic E-state index is 3.88. The molecule has 0 fully saturated rings. The summed E-state index contributed by atoms with van der Waals surface area (Å²) >= 11 is 0. The lowest BCUT2D eigenvalue weighted by atomic mass is 10.2. The number of nitrogens with zero attached hydrogens (tertiary/aromatic N) is 1. The molecule has 0 radical (unpaired) electrons. The summed E-state index contributed by atoms with van der Waals surface area (Å²) in [5.74, 6) is 0. The van der Waals surface area contributed by atoms with E-state index < -0.39 is 8.24 Å². The van der Waals surface area contributed by atoms with Gasteiger partial charge in [0.25, 0.3) is 0 Å². The number of anilines is 1. The molecule has 0 atom stereocenters. The van der Waals surface area contributed by atoms with Gasteiger partial charge in [-0.1, -0.05) is 72.9 Å². The Morgan fingerprint density at radius 1 is 1.05 bits per heavy atom. The van der Waals surface area contributed by atoms with Crippen molar-refractivity contribution in [2.75, 3.05) is 11.6 Å². The van der Waals surface area contributed by atoms with Gasteiger partial charge in [0.15, 0.2) is 8.24 Å². The molecule has 0 bridgehead atoms. The van der Waals surface area contributed by atoms with Crippen molar-refractivity contribution in [1.82, 2.24) is 0 Å². The summed E-state index contributed by atoms with van der Waals surface area (Å²) in [5.41, 5.74) is 2.50. The maximum atomic E-state index is 3.88. The van der Waals surface area contributed by atoms with Gasteiger partial charge in [-0.3, -0.25) is 0 Å². The molecule has 112 valence electrons. The van der Waals surface area contributed by atoms with Gasteiger partial charge in [-0.2, -0.15) is 0 Å². The Labute approximate surface area is 126 Å². The summed E-state index contributed by atoms with van der Waals surface area (Å²) in [5, 5.41) is 0.592. The first-order valence-corrected chi connectivity index (χ1v) is 9.86. The van der Waals surface area contributed by atoms with Crippen LogP contribution in [0.5, 0.6) is 0 Å². The summed E-state index contributed by atoms with van der Waals surface area (Å²) in [6.07, 6.45) is 1.92. The van der Waals surface area contributed by atoms with E-state index in [0.717, 1.165) is 0 Å². The molecular weight excluding hydrogens is 258 g/mol. The van der Waals surface area contributed by atoms with Gasteiger partial charge in [0.1, 0.15) is 0 Å². The molecule has 0 saturated carbocycles. The molecule has 0 aliphatic heterocycles. The summed E-state index contributed by atoms with van der Waals surface area (Å²) in [6, 6.07) is 8.70. The fourth-order valence-corrected chi connectivity index (χ4v) is 8.17. The van der Waals surface area contributed by atoms with Crippen LogP contribution in [0.4, 0.5) is 5.69 Å². The quantitative estimate of drug-likeness (QED) is 0.622. The Kier molecular flexibility index (Phi) is 4.60. The van der Waals surface area contributed by atoms with Gasteiger partial charge in [-0.05, 0) is 34.8 Å². The second-order valence-electron chi connectivity index (χ2n) is 7.93. The van der Waals surface area contributed by atoms with Crippen LogP contribution in [0.15, 0.2) is 30.8 Å². The Morgan fingerprint density at radius 2 is 1.55 bits per heavy atom. The van der Waals surface area contributed by atoms with Gasteiger partial charge >= 0.3 is 0 Å². The molecule has 0 aromatic heterocycles. The molecule has 1 aromatic rings. The van der Waals surface area contributed by atoms with Gasteiger partial charge in [-0.25, -0.2) is 0 Å². The SMILES string of the molecule is C=Cc1cccc(N(C)[Si](C)(C(C)(C)C)C(C)(C)C)c1. The summed E-state index contributed by atoms with van der Waals surface area (Å²) in [7, 11) is 0.535. The second kappa shape index (κ2) is 5.40. The first kappa shape index (κ1) is 17.0. The molecule has 20 heavy (non-hydrogen) atoms. The monoisotopic (exact) mass is 289 g/mol. The highest BCUT2D eigenvalue weighted by Crippen LogP contribution is 2.53. The van der Waals surface area contributed by atoms with E-state index in [4.69, 9.17) is 0 Å². The first-order valence-electron chi connectivity index (χ1n) is 7.41. The van der Waals surface area contributed by atoms with Crippen LogP contribution >= 0.6 is 0 Å². The number of hydrogen-bond donors (Lipinski definition) is 0. The van der Waals surface area contributed by atoms with Crippen molar-refractivity contribution in [2.24, 2.45) is 0 Å². The van der Waals surface area contributed by atoms with Gasteiger partial charge < -0.3 is 4.57 Å².